The predicted octanol–water partition coefficient (Wildman–Crippen LogP) is 5.25. The number of carboxylic acid groups (broad SMARTS) is 2. The molecule has 3 aromatic rings. The van der Waals surface area contributed by atoms with Gasteiger partial charge in [0.25, 0.3) is 5.91 Å². The van der Waals surface area contributed by atoms with Crippen LogP contribution in [0.25, 0.3) is 5.65 Å². The molecule has 1 aliphatic rings. The topological polar surface area (TPSA) is 142 Å². The maximum absolute atomic E-state index is 13.8. The Kier molecular flexibility index (Phi) is 10.7. The normalized spacial score (nSPS) is 14.4. The number of pyridine rings is 1. The predicted molar refractivity (Wildman–Crippen MR) is 138 cm³/mol. The fourth-order valence-electron chi connectivity index (χ4n) is 4.50. The van der Waals surface area contributed by atoms with Crippen LogP contribution in [0.5, 0.6) is 5.75 Å². The highest BCUT2D eigenvalue weighted by Gasteiger charge is 2.38. The van der Waals surface area contributed by atoms with Gasteiger partial charge in [-0.3, -0.25) is 9.20 Å². The van der Waals surface area contributed by atoms with Crippen molar-refractivity contribution >= 4 is 23.6 Å². The third kappa shape index (κ3) is 8.54. The minimum atomic E-state index is -5.08. The first-order valence-electron chi connectivity index (χ1n) is 12.9. The van der Waals surface area contributed by atoms with Gasteiger partial charge in [0.15, 0.2) is 23.0 Å². The van der Waals surface area contributed by atoms with Gasteiger partial charge < -0.3 is 25.6 Å². The lowest BCUT2D eigenvalue weighted by molar-refractivity contribution is -0.192. The number of amides is 2. The molecule has 0 spiro atoms. The van der Waals surface area contributed by atoms with Gasteiger partial charge in [-0.25, -0.2) is 23.4 Å². The Morgan fingerprint density at radius 2 is 1.76 bits per heavy atom. The first-order valence-corrected chi connectivity index (χ1v) is 12.9. The molecule has 0 radical (unpaired) electrons. The molecule has 15 heteroatoms. The number of fused-ring (bicyclic) bond motifs is 1. The van der Waals surface area contributed by atoms with Gasteiger partial charge in [0.05, 0.1) is 18.3 Å². The second-order valence-electron chi connectivity index (χ2n) is 9.62. The van der Waals surface area contributed by atoms with Crippen LogP contribution in [0.4, 0.5) is 26.7 Å². The molecule has 1 atom stereocenters. The number of aromatic nitrogens is 2. The lowest BCUT2D eigenvalue weighted by Crippen LogP contribution is -2.38. The number of carbonyl (C=O) groups is 3. The number of nitrogens with zero attached hydrogens (tertiary/aromatic N) is 2. The summed E-state index contributed by atoms with van der Waals surface area (Å²) in [5.74, 6) is -4.36. The van der Waals surface area contributed by atoms with Crippen molar-refractivity contribution in [3.8, 4) is 5.75 Å². The average Bonchev–Trinajstić information content (AvgIpc) is 3.28. The zero-order valence-electron chi connectivity index (χ0n) is 22.4. The van der Waals surface area contributed by atoms with Gasteiger partial charge >= 0.3 is 18.2 Å². The van der Waals surface area contributed by atoms with E-state index < -0.39 is 41.8 Å². The zero-order chi connectivity index (χ0) is 31.0. The van der Waals surface area contributed by atoms with Crippen molar-refractivity contribution in [2.24, 2.45) is 5.92 Å². The van der Waals surface area contributed by atoms with Crippen LogP contribution in [0.2, 0.25) is 0 Å². The minimum Gasteiger partial charge on any atom is -0.489 e. The summed E-state index contributed by atoms with van der Waals surface area (Å²) in [7, 11) is 0. The van der Waals surface area contributed by atoms with Gasteiger partial charge in [-0.05, 0) is 55.5 Å². The van der Waals surface area contributed by atoms with Crippen LogP contribution in [0.1, 0.15) is 59.9 Å². The third-order valence-corrected chi connectivity index (χ3v) is 6.55. The summed E-state index contributed by atoms with van der Waals surface area (Å²) >= 11 is 0. The Morgan fingerprint density at radius 3 is 2.36 bits per heavy atom. The van der Waals surface area contributed by atoms with Crippen molar-refractivity contribution in [1.29, 1.82) is 0 Å². The summed E-state index contributed by atoms with van der Waals surface area (Å²) in [6.07, 6.45) is 1.26. The number of benzene rings is 1. The first-order chi connectivity index (χ1) is 19.8. The number of ether oxygens (including phenoxy) is 1. The summed E-state index contributed by atoms with van der Waals surface area (Å²) in [5, 5.41) is 21.0. The van der Waals surface area contributed by atoms with Gasteiger partial charge in [0.1, 0.15) is 5.69 Å². The third-order valence-electron chi connectivity index (χ3n) is 6.55. The van der Waals surface area contributed by atoms with Gasteiger partial charge in [0, 0.05) is 12.7 Å². The molecule has 4 N–H and O–H groups in total. The molecule has 10 nitrogen and oxygen atoms in total. The second kappa shape index (κ2) is 14.0. The van der Waals surface area contributed by atoms with E-state index in [2.05, 4.69) is 15.6 Å². The molecule has 0 saturated heterocycles. The van der Waals surface area contributed by atoms with Crippen LogP contribution in [0, 0.1) is 24.5 Å². The number of imidazole rings is 1. The van der Waals surface area contributed by atoms with Crippen LogP contribution in [0.15, 0.2) is 36.5 Å². The molecule has 1 aliphatic carbocycles. The smallest absolute Gasteiger partial charge is 0.489 e. The molecule has 228 valence electrons. The van der Waals surface area contributed by atoms with Crippen LogP contribution >= 0.6 is 0 Å². The molecule has 4 rings (SSSR count). The summed E-state index contributed by atoms with van der Waals surface area (Å²) in [4.78, 5) is 37.7. The van der Waals surface area contributed by atoms with Crippen LogP contribution in [0.3, 0.4) is 0 Å². The quantitative estimate of drug-likeness (QED) is 0.259. The standard InChI is InChI=1S/C25H28F2N4O4.C2HF3O2/c1-15-22(24(32)30-20(13-28-25(33)34)17-9-10-18(26)19(27)12-17)31-11-5-8-21(23(31)29-15)35-14-16-6-3-2-4-7-16;3-2(4,5)1(6)7/h5,8-12,16,20,28H,2-4,6-7,13-14H2,1H3,(H,30,32)(H,33,34);(H,6,7). The van der Waals surface area contributed by atoms with E-state index in [-0.39, 0.29) is 17.8 Å². The average molecular weight is 601 g/mol. The van der Waals surface area contributed by atoms with Crippen molar-refractivity contribution in [2.45, 2.75) is 51.2 Å². The number of nitrogens with one attached hydrogen (secondary N) is 2. The highest BCUT2D eigenvalue weighted by molar-refractivity contribution is 5.95. The molecule has 1 saturated carbocycles. The molecule has 2 amide bonds. The first kappa shape index (κ1) is 32.1. The largest absolute Gasteiger partial charge is 0.490 e. The monoisotopic (exact) mass is 600 g/mol. The Bertz CT molecular complexity index is 1420. The zero-order valence-corrected chi connectivity index (χ0v) is 22.4. The summed E-state index contributed by atoms with van der Waals surface area (Å²) in [6, 6.07) is 5.80. The number of alkyl halides is 3. The number of carboxylic acids is 1. The molecule has 1 fully saturated rings. The number of aryl methyl sites for hydroxylation is 1. The van der Waals surface area contributed by atoms with E-state index >= 15 is 0 Å². The number of aliphatic carboxylic acids is 1. The van der Waals surface area contributed by atoms with E-state index in [0.717, 1.165) is 25.0 Å². The Morgan fingerprint density at radius 1 is 1.10 bits per heavy atom. The Labute approximate surface area is 236 Å². The SMILES string of the molecule is Cc1nc2c(OCC3CCCCC3)cccn2c1C(=O)NC(CNC(=O)O)c1ccc(F)c(F)c1.O=C(O)C(F)(F)F. The molecule has 1 unspecified atom stereocenters. The number of hydrogen-bond donors (Lipinski definition) is 4. The second-order valence-corrected chi connectivity index (χ2v) is 9.62. The minimum absolute atomic E-state index is 0.217. The van der Waals surface area contributed by atoms with E-state index in [0.29, 0.717) is 29.6 Å². The van der Waals surface area contributed by atoms with Crippen molar-refractivity contribution in [1.82, 2.24) is 20.0 Å². The van der Waals surface area contributed by atoms with Crippen LogP contribution in [-0.2, 0) is 4.79 Å². The number of halogens is 5. The van der Waals surface area contributed by atoms with E-state index in [1.54, 1.807) is 23.6 Å². The summed E-state index contributed by atoms with van der Waals surface area (Å²) in [5.41, 5.74) is 1.41. The lowest BCUT2D eigenvalue weighted by atomic mass is 9.90. The van der Waals surface area contributed by atoms with Gasteiger partial charge in [-0.15, -0.1) is 0 Å². The van der Waals surface area contributed by atoms with Crippen molar-refractivity contribution < 1.29 is 51.3 Å². The molecule has 0 aliphatic heterocycles. The molecule has 2 heterocycles. The van der Waals surface area contributed by atoms with E-state index in [4.69, 9.17) is 19.7 Å². The maximum atomic E-state index is 13.8. The fraction of sp³-hybridized carbons (Fsp3) is 0.407. The number of rotatable bonds is 8. The summed E-state index contributed by atoms with van der Waals surface area (Å²) in [6.45, 7) is 2.04. The van der Waals surface area contributed by atoms with E-state index in [1.165, 1.54) is 25.3 Å². The van der Waals surface area contributed by atoms with E-state index in [1.807, 2.05) is 6.07 Å². The molecule has 2 aromatic heterocycles. The molecule has 0 bridgehead atoms. The molecular weight excluding hydrogens is 571 g/mol. The van der Waals surface area contributed by atoms with Crippen molar-refractivity contribution in [2.75, 3.05) is 13.2 Å². The number of carbonyl (C=O) groups excluding carboxylic acids is 1. The van der Waals surface area contributed by atoms with E-state index in [9.17, 15) is 31.5 Å². The lowest BCUT2D eigenvalue weighted by Gasteiger charge is -2.21. The molecule has 1 aromatic carbocycles. The Hall–Kier alpha value is -4.43. The van der Waals surface area contributed by atoms with Gasteiger partial charge in [-0.2, -0.15) is 13.2 Å². The van der Waals surface area contributed by atoms with Crippen LogP contribution < -0.4 is 15.4 Å². The fourth-order valence-corrected chi connectivity index (χ4v) is 4.50. The van der Waals surface area contributed by atoms with Gasteiger partial charge in [0.2, 0.25) is 0 Å². The van der Waals surface area contributed by atoms with Gasteiger partial charge in [-0.1, -0.05) is 25.3 Å². The Balaban J connectivity index is 0.000000616. The molecule has 42 heavy (non-hydrogen) atoms. The van der Waals surface area contributed by atoms with Crippen LogP contribution in [-0.4, -0.2) is 56.9 Å². The number of hydrogen-bond acceptors (Lipinski definition) is 5. The highest BCUT2D eigenvalue weighted by atomic mass is 19.4. The maximum Gasteiger partial charge on any atom is 0.490 e. The summed E-state index contributed by atoms with van der Waals surface area (Å²) < 4.78 is 66.7. The molecular formula is C27H29F5N4O6. The highest BCUT2D eigenvalue weighted by Crippen LogP contribution is 2.27. The van der Waals surface area contributed by atoms with Crippen molar-refractivity contribution in [3.05, 3.63) is 65.1 Å². The van der Waals surface area contributed by atoms with Crippen molar-refractivity contribution in [3.63, 3.8) is 0 Å².